The summed E-state index contributed by atoms with van der Waals surface area (Å²) >= 11 is 1.32. The van der Waals surface area contributed by atoms with Gasteiger partial charge in [0.05, 0.1) is 0 Å². The van der Waals surface area contributed by atoms with Gasteiger partial charge in [0, 0.05) is 11.3 Å². The highest BCUT2D eigenvalue weighted by Gasteiger charge is 2.20. The van der Waals surface area contributed by atoms with Crippen molar-refractivity contribution < 1.29 is 4.79 Å². The Morgan fingerprint density at radius 1 is 1.64 bits per heavy atom. The topological polar surface area (TPSA) is 17.1 Å². The Bertz CT molecular complexity index is 226. The highest BCUT2D eigenvalue weighted by molar-refractivity contribution is 8.17. The zero-order valence-corrected chi connectivity index (χ0v) is 7.70. The van der Waals surface area contributed by atoms with Crippen LogP contribution in [-0.2, 0) is 4.79 Å². The van der Waals surface area contributed by atoms with Crippen molar-refractivity contribution in [3.8, 4) is 0 Å². The average molecular weight is 168 g/mol. The number of carbonyl (C=O) groups is 1. The molecular weight excluding hydrogens is 156 g/mol. The molecule has 0 saturated carbocycles. The van der Waals surface area contributed by atoms with Crippen LogP contribution in [0.1, 0.15) is 20.3 Å². The van der Waals surface area contributed by atoms with E-state index in [2.05, 4.69) is 26.5 Å². The van der Waals surface area contributed by atoms with Gasteiger partial charge in [-0.15, -0.1) is 0 Å². The fourth-order valence-electron chi connectivity index (χ4n) is 0.947. The van der Waals surface area contributed by atoms with E-state index >= 15 is 0 Å². The van der Waals surface area contributed by atoms with Gasteiger partial charge in [0.15, 0.2) is 5.12 Å². The third kappa shape index (κ3) is 2.22. The quantitative estimate of drug-likeness (QED) is 0.599. The van der Waals surface area contributed by atoms with Crippen molar-refractivity contribution in [3.63, 3.8) is 0 Å². The summed E-state index contributed by atoms with van der Waals surface area (Å²) in [4.78, 5) is 12.0. The smallest absolute Gasteiger partial charge is 0.198 e. The Kier molecular flexibility index (Phi) is 2.55. The van der Waals surface area contributed by atoms with Crippen molar-refractivity contribution in [2.45, 2.75) is 20.3 Å². The first-order chi connectivity index (χ1) is 5.09. The van der Waals surface area contributed by atoms with Gasteiger partial charge in [-0.05, 0) is 11.5 Å². The minimum atomic E-state index is 0.224. The summed E-state index contributed by atoms with van der Waals surface area (Å²) in [7, 11) is 0. The summed E-state index contributed by atoms with van der Waals surface area (Å²) in [6, 6.07) is 0. The van der Waals surface area contributed by atoms with E-state index in [0.717, 1.165) is 10.5 Å². The van der Waals surface area contributed by atoms with Crippen LogP contribution in [0, 0.1) is 5.92 Å². The Morgan fingerprint density at radius 2 is 2.27 bits per heavy atom. The minimum Gasteiger partial charge on any atom is -0.286 e. The van der Waals surface area contributed by atoms with Crippen LogP contribution in [0.25, 0.3) is 0 Å². The van der Waals surface area contributed by atoms with Gasteiger partial charge in [-0.25, -0.2) is 0 Å². The lowest BCUT2D eigenvalue weighted by molar-refractivity contribution is -0.110. The normalized spacial score (nSPS) is 22.3. The van der Waals surface area contributed by atoms with Gasteiger partial charge >= 0.3 is 0 Å². The predicted octanol–water partition coefficient (Wildman–Crippen LogP) is 2.75. The average Bonchev–Trinajstić information content (AvgIpc) is 2.09. The lowest BCUT2D eigenvalue weighted by Crippen LogP contribution is -1.81. The van der Waals surface area contributed by atoms with Gasteiger partial charge in [-0.2, -0.15) is 0 Å². The molecule has 0 N–H and O–H groups in total. The molecular formula is C9H12OS. The van der Waals surface area contributed by atoms with Crippen LogP contribution in [-0.4, -0.2) is 5.12 Å². The number of thioether (sulfide) groups is 1. The number of hydrogen-bond acceptors (Lipinski definition) is 2. The van der Waals surface area contributed by atoms with E-state index < -0.39 is 0 Å². The van der Waals surface area contributed by atoms with E-state index in [4.69, 9.17) is 0 Å². The Labute approximate surface area is 71.6 Å². The molecule has 1 nitrogen and oxygen atoms in total. The van der Waals surface area contributed by atoms with Crippen LogP contribution in [0.5, 0.6) is 0 Å². The molecule has 0 bridgehead atoms. The van der Waals surface area contributed by atoms with E-state index in [-0.39, 0.29) is 5.12 Å². The molecule has 0 atom stereocenters. The summed E-state index contributed by atoms with van der Waals surface area (Å²) < 4.78 is 0. The van der Waals surface area contributed by atoms with E-state index in [9.17, 15) is 4.79 Å². The lowest BCUT2D eigenvalue weighted by Gasteiger charge is -1.98. The largest absolute Gasteiger partial charge is 0.286 e. The van der Waals surface area contributed by atoms with Crippen molar-refractivity contribution in [1.29, 1.82) is 0 Å². The second-order valence-corrected chi connectivity index (χ2v) is 4.13. The van der Waals surface area contributed by atoms with Crippen molar-refractivity contribution in [1.82, 2.24) is 0 Å². The van der Waals surface area contributed by atoms with Crippen molar-refractivity contribution in [3.05, 3.63) is 23.1 Å². The van der Waals surface area contributed by atoms with Crippen LogP contribution >= 0.6 is 11.8 Å². The zero-order chi connectivity index (χ0) is 8.43. The molecule has 60 valence electrons. The Hall–Kier alpha value is -0.500. The van der Waals surface area contributed by atoms with Crippen LogP contribution in [0.4, 0.5) is 0 Å². The van der Waals surface area contributed by atoms with E-state index in [0.29, 0.717) is 12.3 Å². The molecule has 1 aliphatic rings. The third-order valence-corrected chi connectivity index (χ3v) is 2.43. The van der Waals surface area contributed by atoms with Gasteiger partial charge < -0.3 is 0 Å². The maximum absolute atomic E-state index is 10.9. The Morgan fingerprint density at radius 3 is 2.64 bits per heavy atom. The van der Waals surface area contributed by atoms with E-state index in [1.807, 2.05) is 0 Å². The maximum Gasteiger partial charge on any atom is 0.198 e. The lowest BCUT2D eigenvalue weighted by atomic mass is 10.1. The number of allylic oxidation sites excluding steroid dienone is 2. The van der Waals surface area contributed by atoms with Gasteiger partial charge in [-0.3, -0.25) is 4.79 Å². The highest BCUT2D eigenvalue weighted by Crippen LogP contribution is 2.36. The van der Waals surface area contributed by atoms with Crippen LogP contribution < -0.4 is 0 Å². The number of hydrogen-bond donors (Lipinski definition) is 0. The Balaban J connectivity index is 2.75. The van der Waals surface area contributed by atoms with Crippen LogP contribution in [0.3, 0.4) is 0 Å². The molecule has 0 aliphatic carbocycles. The van der Waals surface area contributed by atoms with Gasteiger partial charge in [-0.1, -0.05) is 38.3 Å². The maximum atomic E-state index is 10.9. The molecule has 0 aromatic heterocycles. The van der Waals surface area contributed by atoms with Crippen LogP contribution in [0.15, 0.2) is 23.1 Å². The summed E-state index contributed by atoms with van der Waals surface area (Å²) in [5.41, 5.74) is 0.980. The van der Waals surface area contributed by atoms with E-state index in [1.54, 1.807) is 0 Å². The third-order valence-electron chi connectivity index (χ3n) is 1.41. The standard InChI is InChI=1S/C9H12OS/c1-6(2)4-8-7(3)5-9(10)11-8/h4,6H,3,5H2,1-2H3/b8-4+. The van der Waals surface area contributed by atoms with Crippen LogP contribution in [0.2, 0.25) is 0 Å². The van der Waals surface area contributed by atoms with Crippen molar-refractivity contribution >= 4 is 16.9 Å². The van der Waals surface area contributed by atoms with E-state index in [1.165, 1.54) is 11.8 Å². The first-order valence-corrected chi connectivity index (χ1v) is 4.52. The fourth-order valence-corrected chi connectivity index (χ4v) is 2.00. The molecule has 0 amide bonds. The number of carbonyl (C=O) groups excluding carboxylic acids is 1. The molecule has 11 heavy (non-hydrogen) atoms. The summed E-state index contributed by atoms with van der Waals surface area (Å²) in [5.74, 6) is 0.500. The summed E-state index contributed by atoms with van der Waals surface area (Å²) in [6.07, 6.45) is 2.63. The molecule has 0 radical (unpaired) electrons. The zero-order valence-electron chi connectivity index (χ0n) is 6.89. The predicted molar refractivity (Wildman–Crippen MR) is 49.3 cm³/mol. The van der Waals surface area contributed by atoms with Gasteiger partial charge in [0.2, 0.25) is 0 Å². The van der Waals surface area contributed by atoms with Crippen molar-refractivity contribution in [2.75, 3.05) is 0 Å². The summed E-state index contributed by atoms with van der Waals surface area (Å²) in [6.45, 7) is 8.03. The molecule has 1 aliphatic heterocycles. The highest BCUT2D eigenvalue weighted by atomic mass is 32.2. The second-order valence-electron chi connectivity index (χ2n) is 3.03. The number of rotatable bonds is 1. The van der Waals surface area contributed by atoms with Gasteiger partial charge in [0.1, 0.15) is 0 Å². The monoisotopic (exact) mass is 168 g/mol. The molecule has 0 unspecified atom stereocenters. The molecule has 0 spiro atoms. The summed E-state index contributed by atoms with van der Waals surface area (Å²) in [5, 5.41) is 0.224. The minimum absolute atomic E-state index is 0.224. The molecule has 1 heterocycles. The molecule has 0 aromatic rings. The second kappa shape index (κ2) is 3.26. The van der Waals surface area contributed by atoms with Gasteiger partial charge in [0.25, 0.3) is 0 Å². The molecule has 0 aromatic carbocycles. The molecule has 1 rings (SSSR count). The van der Waals surface area contributed by atoms with Crippen molar-refractivity contribution in [2.24, 2.45) is 5.92 Å². The molecule has 1 fully saturated rings. The SMILES string of the molecule is C=C1CC(=O)S/C1=C/C(C)C. The fraction of sp³-hybridized carbons (Fsp3) is 0.444. The first-order valence-electron chi connectivity index (χ1n) is 3.70. The molecule has 1 saturated heterocycles. The first kappa shape index (κ1) is 8.60. The molecule has 2 heteroatoms.